The lowest BCUT2D eigenvalue weighted by atomic mass is 10.3. The number of nitrogens with one attached hydrogen (secondary N) is 1. The van der Waals surface area contributed by atoms with Crippen LogP contribution in [0.3, 0.4) is 0 Å². The normalized spacial score (nSPS) is 18.4. The van der Waals surface area contributed by atoms with E-state index in [0.29, 0.717) is 5.75 Å². The summed E-state index contributed by atoms with van der Waals surface area (Å²) in [6, 6.07) is 0.358. The summed E-state index contributed by atoms with van der Waals surface area (Å²) in [4.78, 5) is 33.4. The zero-order chi connectivity index (χ0) is 13.1. The molecule has 0 bridgehead atoms. The van der Waals surface area contributed by atoms with Gasteiger partial charge in [-0.1, -0.05) is 11.8 Å². The molecule has 96 valence electrons. The molecule has 8 heteroatoms. The van der Waals surface area contributed by atoms with Gasteiger partial charge in [0.15, 0.2) is 5.75 Å². The van der Waals surface area contributed by atoms with Crippen molar-refractivity contribution < 1.29 is 23.8 Å². The van der Waals surface area contributed by atoms with Crippen LogP contribution in [0.25, 0.3) is 0 Å². The van der Waals surface area contributed by atoms with E-state index < -0.39 is 23.2 Å². The van der Waals surface area contributed by atoms with Gasteiger partial charge in [-0.05, 0) is 0 Å². The summed E-state index contributed by atoms with van der Waals surface area (Å²) in [7, 11) is 0. The minimum atomic E-state index is -0.675. The molecule has 1 amide bonds. The predicted octanol–water partition coefficient (Wildman–Crippen LogP) is 0.214. The lowest BCUT2D eigenvalue weighted by Crippen LogP contribution is -2.35. The van der Waals surface area contributed by atoms with Crippen LogP contribution >= 0.6 is 11.8 Å². The van der Waals surface area contributed by atoms with Crippen LogP contribution in [0.5, 0.6) is 5.75 Å². The molecule has 1 atom stereocenters. The lowest BCUT2D eigenvalue weighted by molar-refractivity contribution is -0.147. The number of rotatable bonds is 3. The van der Waals surface area contributed by atoms with Gasteiger partial charge in [-0.3, -0.25) is 9.59 Å². The van der Waals surface area contributed by atoms with Crippen LogP contribution in [0.15, 0.2) is 21.5 Å². The van der Waals surface area contributed by atoms with Crippen molar-refractivity contribution in [1.29, 1.82) is 0 Å². The molecule has 1 unspecified atom stereocenters. The SMILES string of the molecule is O=C1NC(C(=O)OCc2cc(=O)c(O)co2)CS1. The van der Waals surface area contributed by atoms with Crippen LogP contribution in [-0.2, 0) is 16.1 Å². The van der Waals surface area contributed by atoms with E-state index in [9.17, 15) is 14.4 Å². The molecule has 0 spiro atoms. The average Bonchev–Trinajstić information content (AvgIpc) is 2.77. The average molecular weight is 271 g/mol. The third-order valence-electron chi connectivity index (χ3n) is 2.18. The fraction of sp³-hybridized carbons (Fsp3) is 0.300. The number of hydrogen-bond donors (Lipinski definition) is 2. The molecular formula is C10H9NO6S. The van der Waals surface area contributed by atoms with Gasteiger partial charge in [-0.25, -0.2) is 4.79 Å². The Kier molecular flexibility index (Phi) is 3.56. The number of aromatic hydroxyl groups is 1. The summed E-state index contributed by atoms with van der Waals surface area (Å²) in [6.45, 7) is -0.231. The first-order chi connectivity index (χ1) is 8.56. The van der Waals surface area contributed by atoms with Crippen molar-refractivity contribution in [3.63, 3.8) is 0 Å². The molecule has 1 aliphatic rings. The third-order valence-corrected chi connectivity index (χ3v) is 3.06. The molecule has 2 rings (SSSR count). The van der Waals surface area contributed by atoms with Crippen molar-refractivity contribution >= 4 is 23.0 Å². The Bertz CT molecular complexity index is 539. The molecule has 2 heterocycles. The number of carbonyl (C=O) groups excluding carboxylic acids is 2. The van der Waals surface area contributed by atoms with Crippen LogP contribution in [0.4, 0.5) is 4.79 Å². The Hall–Kier alpha value is -1.96. The first kappa shape index (κ1) is 12.5. The summed E-state index contributed by atoms with van der Waals surface area (Å²) in [5.74, 6) is -0.672. The third kappa shape index (κ3) is 2.83. The smallest absolute Gasteiger partial charge is 0.329 e. The summed E-state index contributed by atoms with van der Waals surface area (Å²) in [5.41, 5.74) is -0.614. The first-order valence-corrected chi connectivity index (χ1v) is 5.95. The van der Waals surface area contributed by atoms with E-state index in [4.69, 9.17) is 14.3 Å². The van der Waals surface area contributed by atoms with Crippen molar-refractivity contribution in [2.45, 2.75) is 12.6 Å². The highest BCUT2D eigenvalue weighted by Gasteiger charge is 2.29. The molecule has 1 fully saturated rings. The van der Waals surface area contributed by atoms with E-state index in [1.165, 1.54) is 0 Å². The van der Waals surface area contributed by atoms with E-state index in [1.807, 2.05) is 0 Å². The maximum Gasteiger partial charge on any atom is 0.329 e. The molecule has 1 aliphatic heterocycles. The van der Waals surface area contributed by atoms with Crippen molar-refractivity contribution in [1.82, 2.24) is 5.32 Å². The van der Waals surface area contributed by atoms with Crippen LogP contribution in [0.2, 0.25) is 0 Å². The lowest BCUT2D eigenvalue weighted by Gasteiger charge is -2.08. The largest absolute Gasteiger partial charge is 0.502 e. The Morgan fingerprint density at radius 2 is 2.39 bits per heavy atom. The molecular weight excluding hydrogens is 262 g/mol. The first-order valence-electron chi connectivity index (χ1n) is 4.97. The summed E-state index contributed by atoms with van der Waals surface area (Å²) in [6.07, 6.45) is 0.874. The Morgan fingerprint density at radius 3 is 3.00 bits per heavy atom. The van der Waals surface area contributed by atoms with E-state index in [-0.39, 0.29) is 17.6 Å². The highest BCUT2D eigenvalue weighted by Crippen LogP contribution is 2.14. The molecule has 1 saturated heterocycles. The maximum absolute atomic E-state index is 11.5. The van der Waals surface area contributed by atoms with Crippen LogP contribution in [0, 0.1) is 0 Å². The molecule has 0 aromatic carbocycles. The molecule has 1 aromatic rings. The predicted molar refractivity (Wildman–Crippen MR) is 61.2 cm³/mol. The van der Waals surface area contributed by atoms with E-state index >= 15 is 0 Å². The van der Waals surface area contributed by atoms with Crippen LogP contribution in [-0.4, -0.2) is 28.1 Å². The summed E-state index contributed by atoms with van der Waals surface area (Å²) in [5, 5.41) is 11.1. The fourth-order valence-electron chi connectivity index (χ4n) is 1.27. The van der Waals surface area contributed by atoms with E-state index in [2.05, 4.69) is 5.32 Å². The van der Waals surface area contributed by atoms with Gasteiger partial charge in [-0.15, -0.1) is 0 Å². The summed E-state index contributed by atoms with van der Waals surface area (Å²) < 4.78 is 9.73. The highest BCUT2D eigenvalue weighted by atomic mass is 32.2. The quantitative estimate of drug-likeness (QED) is 0.757. The molecule has 0 aliphatic carbocycles. The van der Waals surface area contributed by atoms with Crippen LogP contribution < -0.4 is 10.7 Å². The highest BCUT2D eigenvalue weighted by molar-refractivity contribution is 8.14. The second-order valence-electron chi connectivity index (χ2n) is 3.50. The fourth-order valence-corrected chi connectivity index (χ4v) is 2.04. The van der Waals surface area contributed by atoms with Crippen molar-refractivity contribution in [3.8, 4) is 5.75 Å². The number of hydrogen-bond acceptors (Lipinski definition) is 7. The number of esters is 1. The molecule has 0 saturated carbocycles. The Balaban J connectivity index is 1.91. The van der Waals surface area contributed by atoms with E-state index in [0.717, 1.165) is 24.1 Å². The zero-order valence-electron chi connectivity index (χ0n) is 9.04. The van der Waals surface area contributed by atoms with Gasteiger partial charge < -0.3 is 19.6 Å². The van der Waals surface area contributed by atoms with E-state index in [1.54, 1.807) is 0 Å². The standard InChI is InChI=1S/C10H9NO6S/c12-7-1-5(16-3-8(7)13)2-17-9(14)6-4-18-10(15)11-6/h1,3,6,13H,2,4H2,(H,11,15). The van der Waals surface area contributed by atoms with Crippen molar-refractivity contribution in [2.75, 3.05) is 5.75 Å². The van der Waals surface area contributed by atoms with Gasteiger partial charge in [-0.2, -0.15) is 0 Å². The van der Waals surface area contributed by atoms with Crippen molar-refractivity contribution in [3.05, 3.63) is 28.3 Å². The maximum atomic E-state index is 11.5. The van der Waals surface area contributed by atoms with Gasteiger partial charge in [0.05, 0.1) is 0 Å². The summed E-state index contributed by atoms with van der Waals surface area (Å²) >= 11 is 1.00. The van der Waals surface area contributed by atoms with Gasteiger partial charge in [0.25, 0.3) is 5.24 Å². The molecule has 2 N–H and O–H groups in total. The molecule has 7 nitrogen and oxygen atoms in total. The van der Waals surface area contributed by atoms with Gasteiger partial charge in [0, 0.05) is 11.8 Å². The van der Waals surface area contributed by atoms with Crippen LogP contribution in [0.1, 0.15) is 5.76 Å². The minimum Gasteiger partial charge on any atom is -0.502 e. The van der Waals surface area contributed by atoms with Gasteiger partial charge in [0.2, 0.25) is 5.43 Å². The topological polar surface area (TPSA) is 106 Å². The zero-order valence-corrected chi connectivity index (χ0v) is 9.86. The minimum absolute atomic E-state index is 0.114. The van der Waals surface area contributed by atoms with Gasteiger partial charge in [0.1, 0.15) is 24.7 Å². The number of carbonyl (C=O) groups is 2. The molecule has 1 aromatic heterocycles. The van der Waals surface area contributed by atoms with Gasteiger partial charge >= 0.3 is 5.97 Å². The number of ether oxygens (including phenoxy) is 1. The second kappa shape index (κ2) is 5.13. The Labute approximate surface area is 105 Å². The monoisotopic (exact) mass is 271 g/mol. The second-order valence-corrected chi connectivity index (χ2v) is 4.49. The molecule has 18 heavy (non-hydrogen) atoms. The number of thioether (sulfide) groups is 1. The Morgan fingerprint density at radius 1 is 1.61 bits per heavy atom. The molecule has 0 radical (unpaired) electrons. The van der Waals surface area contributed by atoms with Crippen molar-refractivity contribution in [2.24, 2.45) is 0 Å². The number of amides is 1.